The largest absolute Gasteiger partial charge is 0.460 e. The van der Waals surface area contributed by atoms with Gasteiger partial charge in [0.25, 0.3) is 0 Å². The van der Waals surface area contributed by atoms with Crippen LogP contribution in [0.15, 0.2) is 0 Å². The number of ether oxygens (including phenoxy) is 1. The minimum absolute atomic E-state index is 0.0231. The third-order valence-electron chi connectivity index (χ3n) is 2.07. The second-order valence-corrected chi connectivity index (χ2v) is 5.73. The third kappa shape index (κ3) is 3.22. The van der Waals surface area contributed by atoms with Crippen molar-refractivity contribution < 1.29 is 9.53 Å². The Labute approximate surface area is 84.4 Å². The highest BCUT2D eigenvalue weighted by molar-refractivity contribution is 7.99. The molecule has 2 unspecified atom stereocenters. The molecule has 1 rings (SSSR count). The summed E-state index contributed by atoms with van der Waals surface area (Å²) < 4.78 is 5.34. The minimum Gasteiger partial charge on any atom is -0.460 e. The van der Waals surface area contributed by atoms with E-state index in [0.717, 1.165) is 11.5 Å². The lowest BCUT2D eigenvalue weighted by Crippen LogP contribution is -2.31. The van der Waals surface area contributed by atoms with Crippen LogP contribution in [0.1, 0.15) is 27.7 Å². The van der Waals surface area contributed by atoms with Crippen LogP contribution in [0.5, 0.6) is 0 Å². The fraction of sp³-hybridized carbons (Fsp3) is 0.900. The summed E-state index contributed by atoms with van der Waals surface area (Å²) in [6.45, 7) is 7.86. The van der Waals surface area contributed by atoms with Crippen molar-refractivity contribution in [3.8, 4) is 0 Å². The highest BCUT2D eigenvalue weighted by Gasteiger charge is 2.33. The van der Waals surface area contributed by atoms with Gasteiger partial charge in [0.05, 0.1) is 5.92 Å². The van der Waals surface area contributed by atoms with Crippen molar-refractivity contribution in [2.24, 2.45) is 11.8 Å². The number of hydrogen-bond acceptors (Lipinski definition) is 3. The van der Waals surface area contributed by atoms with Crippen molar-refractivity contribution in [1.29, 1.82) is 0 Å². The van der Waals surface area contributed by atoms with Gasteiger partial charge in [-0.3, -0.25) is 4.79 Å². The Morgan fingerprint density at radius 2 is 2.00 bits per heavy atom. The highest BCUT2D eigenvalue weighted by atomic mass is 32.2. The minimum atomic E-state index is -0.343. The van der Waals surface area contributed by atoms with Gasteiger partial charge < -0.3 is 4.74 Å². The molecule has 0 aliphatic carbocycles. The highest BCUT2D eigenvalue weighted by Crippen LogP contribution is 2.31. The molecule has 0 amide bonds. The zero-order valence-electron chi connectivity index (χ0n) is 8.79. The van der Waals surface area contributed by atoms with E-state index in [0.29, 0.717) is 5.92 Å². The monoisotopic (exact) mass is 202 g/mol. The molecule has 0 aromatic heterocycles. The Morgan fingerprint density at radius 1 is 1.38 bits per heavy atom. The molecule has 76 valence electrons. The molecule has 0 N–H and O–H groups in total. The quantitative estimate of drug-likeness (QED) is 0.610. The Bertz CT molecular complexity index is 196. The van der Waals surface area contributed by atoms with Crippen LogP contribution in [0.25, 0.3) is 0 Å². The first-order valence-electron chi connectivity index (χ1n) is 4.71. The summed E-state index contributed by atoms with van der Waals surface area (Å²) >= 11 is 1.84. The van der Waals surface area contributed by atoms with Gasteiger partial charge in [0.15, 0.2) is 0 Å². The van der Waals surface area contributed by atoms with Gasteiger partial charge >= 0.3 is 5.97 Å². The topological polar surface area (TPSA) is 26.3 Å². The summed E-state index contributed by atoms with van der Waals surface area (Å²) in [5.41, 5.74) is -0.343. The molecule has 0 aromatic carbocycles. The van der Waals surface area contributed by atoms with E-state index >= 15 is 0 Å². The molecule has 1 fully saturated rings. The van der Waals surface area contributed by atoms with Crippen LogP contribution in [0.2, 0.25) is 0 Å². The second kappa shape index (κ2) is 3.91. The molecule has 2 nitrogen and oxygen atoms in total. The molecule has 13 heavy (non-hydrogen) atoms. The summed E-state index contributed by atoms with van der Waals surface area (Å²) in [7, 11) is 0. The molecule has 0 aromatic rings. The van der Waals surface area contributed by atoms with E-state index < -0.39 is 0 Å². The van der Waals surface area contributed by atoms with Crippen LogP contribution < -0.4 is 0 Å². The van der Waals surface area contributed by atoms with E-state index in [4.69, 9.17) is 4.74 Å². The summed E-state index contributed by atoms with van der Waals surface area (Å²) in [4.78, 5) is 11.6. The number of hydrogen-bond donors (Lipinski definition) is 0. The maximum absolute atomic E-state index is 11.6. The number of esters is 1. The normalized spacial score (nSPS) is 28.9. The molecule has 0 spiro atoms. The van der Waals surface area contributed by atoms with E-state index in [1.165, 1.54) is 0 Å². The lowest BCUT2D eigenvalue weighted by atomic mass is 9.98. The zero-order valence-corrected chi connectivity index (χ0v) is 9.61. The molecule has 0 radical (unpaired) electrons. The molecule has 0 bridgehead atoms. The van der Waals surface area contributed by atoms with Crippen molar-refractivity contribution in [3.63, 3.8) is 0 Å². The number of rotatable bonds is 1. The Kier molecular flexibility index (Phi) is 3.28. The van der Waals surface area contributed by atoms with Crippen LogP contribution in [-0.4, -0.2) is 23.1 Å². The van der Waals surface area contributed by atoms with Crippen LogP contribution in [0.3, 0.4) is 0 Å². The predicted octanol–water partition coefficient (Wildman–Crippen LogP) is 2.33. The summed E-state index contributed by atoms with van der Waals surface area (Å²) in [5, 5.41) is 0. The maximum atomic E-state index is 11.6. The molecule has 1 aliphatic rings. The van der Waals surface area contributed by atoms with E-state index in [9.17, 15) is 4.79 Å². The summed E-state index contributed by atoms with van der Waals surface area (Å²) in [6, 6.07) is 0. The van der Waals surface area contributed by atoms with Crippen molar-refractivity contribution in [2.75, 3.05) is 11.5 Å². The van der Waals surface area contributed by atoms with Crippen LogP contribution in [-0.2, 0) is 9.53 Å². The SMILES string of the molecule is CC1CSCC1C(=O)OC(C)(C)C. The van der Waals surface area contributed by atoms with Gasteiger partial charge in [-0.05, 0) is 32.4 Å². The van der Waals surface area contributed by atoms with Gasteiger partial charge in [-0.25, -0.2) is 0 Å². The number of carbonyl (C=O) groups is 1. The first-order chi connectivity index (χ1) is 5.90. The van der Waals surface area contributed by atoms with Crippen LogP contribution in [0.4, 0.5) is 0 Å². The van der Waals surface area contributed by atoms with E-state index in [-0.39, 0.29) is 17.5 Å². The first-order valence-corrected chi connectivity index (χ1v) is 5.86. The Morgan fingerprint density at radius 3 is 2.38 bits per heavy atom. The van der Waals surface area contributed by atoms with Crippen molar-refractivity contribution in [3.05, 3.63) is 0 Å². The number of carbonyl (C=O) groups excluding carboxylic acids is 1. The smallest absolute Gasteiger partial charge is 0.310 e. The van der Waals surface area contributed by atoms with Gasteiger partial charge in [0.2, 0.25) is 0 Å². The Balaban J connectivity index is 2.48. The van der Waals surface area contributed by atoms with Crippen LogP contribution >= 0.6 is 11.8 Å². The summed E-state index contributed by atoms with van der Waals surface area (Å²) in [6.07, 6.45) is 0. The molecular weight excluding hydrogens is 184 g/mol. The van der Waals surface area contributed by atoms with Gasteiger partial charge in [0.1, 0.15) is 5.60 Å². The molecule has 3 heteroatoms. The Hall–Kier alpha value is -0.180. The van der Waals surface area contributed by atoms with Crippen molar-refractivity contribution in [1.82, 2.24) is 0 Å². The first kappa shape index (κ1) is 10.9. The lowest BCUT2D eigenvalue weighted by molar-refractivity contribution is -0.160. The molecule has 1 saturated heterocycles. The molecular formula is C10H18O2S. The molecule has 0 saturated carbocycles. The number of thioether (sulfide) groups is 1. The van der Waals surface area contributed by atoms with Gasteiger partial charge in [-0.2, -0.15) is 11.8 Å². The third-order valence-corrected chi connectivity index (χ3v) is 3.43. The van der Waals surface area contributed by atoms with E-state index in [2.05, 4.69) is 6.92 Å². The second-order valence-electron chi connectivity index (χ2n) is 4.65. The average Bonchev–Trinajstić information content (AvgIpc) is 2.30. The fourth-order valence-corrected chi connectivity index (χ4v) is 2.80. The standard InChI is InChI=1S/C10H18O2S/c1-7-5-13-6-8(7)9(11)12-10(2,3)4/h7-8H,5-6H2,1-4H3. The van der Waals surface area contributed by atoms with E-state index in [1.54, 1.807) is 0 Å². The molecule has 1 aliphatic heterocycles. The fourth-order valence-electron chi connectivity index (χ4n) is 1.34. The van der Waals surface area contributed by atoms with Gasteiger partial charge in [0, 0.05) is 5.75 Å². The van der Waals surface area contributed by atoms with Gasteiger partial charge in [-0.15, -0.1) is 0 Å². The predicted molar refractivity (Wildman–Crippen MR) is 55.8 cm³/mol. The average molecular weight is 202 g/mol. The lowest BCUT2D eigenvalue weighted by Gasteiger charge is -2.23. The summed E-state index contributed by atoms with van der Waals surface area (Å²) in [5.74, 6) is 2.58. The molecule has 2 atom stereocenters. The zero-order chi connectivity index (χ0) is 10.1. The van der Waals surface area contributed by atoms with Crippen molar-refractivity contribution >= 4 is 17.7 Å². The van der Waals surface area contributed by atoms with Crippen molar-refractivity contribution in [2.45, 2.75) is 33.3 Å². The van der Waals surface area contributed by atoms with Crippen LogP contribution in [0, 0.1) is 11.8 Å². The maximum Gasteiger partial charge on any atom is 0.310 e. The van der Waals surface area contributed by atoms with Gasteiger partial charge in [-0.1, -0.05) is 6.92 Å². The van der Waals surface area contributed by atoms with E-state index in [1.807, 2.05) is 32.5 Å². The molecule has 1 heterocycles.